The van der Waals surface area contributed by atoms with Gasteiger partial charge in [-0.15, -0.1) is 0 Å². The Hall–Kier alpha value is -1.71. The molecule has 21 heavy (non-hydrogen) atoms. The van der Waals surface area contributed by atoms with Crippen molar-refractivity contribution in [2.24, 2.45) is 5.73 Å². The molecule has 0 bridgehead atoms. The number of nitrogens with two attached hydrogens (primary N) is 1. The molecule has 0 heterocycles. The minimum absolute atomic E-state index is 0.0967. The van der Waals surface area contributed by atoms with Crippen molar-refractivity contribution in [3.05, 3.63) is 58.6 Å². The van der Waals surface area contributed by atoms with E-state index in [-0.39, 0.29) is 11.7 Å². The number of para-hydroxylation sites is 1. The number of halogens is 1. The molecule has 2 aromatic carbocycles. The maximum absolute atomic E-state index is 9.49. The average Bonchev–Trinajstić information content (AvgIpc) is 2.49. The summed E-state index contributed by atoms with van der Waals surface area (Å²) in [6.45, 7) is 3.11. The highest BCUT2D eigenvalue weighted by molar-refractivity contribution is 6.32. The van der Waals surface area contributed by atoms with Gasteiger partial charge in [0.1, 0.15) is 11.5 Å². The Morgan fingerprint density at radius 1 is 1.24 bits per heavy atom. The lowest BCUT2D eigenvalue weighted by Gasteiger charge is -2.19. The van der Waals surface area contributed by atoms with E-state index in [4.69, 9.17) is 22.1 Å². The standard InChI is InChI=1S/C17H20ClNO2/c1-2-21-17-6-4-3-5-14(17)13(11-19)9-12-7-8-16(20)15(18)10-12/h3-8,10,13,20H,2,9,11,19H2,1H3. The number of benzene rings is 2. The molecule has 0 saturated carbocycles. The van der Waals surface area contributed by atoms with Gasteiger partial charge in [-0.05, 0) is 49.2 Å². The topological polar surface area (TPSA) is 55.5 Å². The molecule has 2 aromatic rings. The molecule has 112 valence electrons. The second kappa shape index (κ2) is 7.34. The fourth-order valence-electron chi connectivity index (χ4n) is 2.39. The number of aromatic hydroxyl groups is 1. The molecule has 0 amide bonds. The monoisotopic (exact) mass is 305 g/mol. The highest BCUT2D eigenvalue weighted by Gasteiger charge is 2.16. The highest BCUT2D eigenvalue weighted by Crippen LogP contribution is 2.31. The van der Waals surface area contributed by atoms with Gasteiger partial charge in [-0.3, -0.25) is 0 Å². The van der Waals surface area contributed by atoms with E-state index < -0.39 is 0 Å². The lowest BCUT2D eigenvalue weighted by atomic mass is 9.91. The third kappa shape index (κ3) is 3.90. The third-order valence-electron chi connectivity index (χ3n) is 3.44. The van der Waals surface area contributed by atoms with E-state index >= 15 is 0 Å². The first kappa shape index (κ1) is 15.7. The summed E-state index contributed by atoms with van der Waals surface area (Å²) in [4.78, 5) is 0. The van der Waals surface area contributed by atoms with E-state index in [0.717, 1.165) is 23.3 Å². The summed E-state index contributed by atoms with van der Waals surface area (Å²) in [5, 5.41) is 9.85. The van der Waals surface area contributed by atoms with E-state index in [9.17, 15) is 5.11 Å². The molecule has 0 radical (unpaired) electrons. The zero-order valence-electron chi connectivity index (χ0n) is 12.1. The van der Waals surface area contributed by atoms with E-state index in [2.05, 4.69) is 0 Å². The maximum atomic E-state index is 9.49. The molecule has 0 fully saturated rings. The zero-order valence-corrected chi connectivity index (χ0v) is 12.8. The molecular formula is C17H20ClNO2. The number of phenolic OH excluding ortho intramolecular Hbond substituents is 1. The largest absolute Gasteiger partial charge is 0.506 e. The van der Waals surface area contributed by atoms with E-state index in [0.29, 0.717) is 18.2 Å². The first-order chi connectivity index (χ1) is 10.2. The summed E-state index contributed by atoms with van der Waals surface area (Å²) in [6, 6.07) is 13.2. The van der Waals surface area contributed by atoms with Crippen LogP contribution in [0.4, 0.5) is 0 Å². The predicted molar refractivity (Wildman–Crippen MR) is 86.2 cm³/mol. The predicted octanol–water partition coefficient (Wildman–Crippen LogP) is 3.73. The fraction of sp³-hybridized carbons (Fsp3) is 0.294. The summed E-state index contributed by atoms with van der Waals surface area (Å²) < 4.78 is 5.68. The maximum Gasteiger partial charge on any atom is 0.134 e. The summed E-state index contributed by atoms with van der Waals surface area (Å²) in [7, 11) is 0. The van der Waals surface area contributed by atoms with Gasteiger partial charge in [0, 0.05) is 5.92 Å². The lowest BCUT2D eigenvalue weighted by molar-refractivity contribution is 0.334. The van der Waals surface area contributed by atoms with Crippen LogP contribution in [0.25, 0.3) is 0 Å². The second-order valence-corrected chi connectivity index (χ2v) is 5.30. The van der Waals surface area contributed by atoms with Crippen LogP contribution in [-0.4, -0.2) is 18.3 Å². The van der Waals surface area contributed by atoms with Crippen molar-refractivity contribution in [2.75, 3.05) is 13.2 Å². The van der Waals surface area contributed by atoms with Gasteiger partial charge in [-0.25, -0.2) is 0 Å². The lowest BCUT2D eigenvalue weighted by Crippen LogP contribution is -2.16. The molecule has 0 saturated heterocycles. The van der Waals surface area contributed by atoms with Gasteiger partial charge in [0.15, 0.2) is 0 Å². The van der Waals surface area contributed by atoms with Crippen molar-refractivity contribution in [1.29, 1.82) is 0 Å². The zero-order chi connectivity index (χ0) is 15.2. The van der Waals surface area contributed by atoms with Crippen LogP contribution in [0.15, 0.2) is 42.5 Å². The minimum atomic E-state index is 0.0967. The summed E-state index contributed by atoms with van der Waals surface area (Å²) in [5.74, 6) is 1.12. The van der Waals surface area contributed by atoms with Crippen LogP contribution < -0.4 is 10.5 Å². The first-order valence-electron chi connectivity index (χ1n) is 7.04. The normalized spacial score (nSPS) is 12.1. The van der Waals surface area contributed by atoms with Crippen molar-refractivity contribution in [3.8, 4) is 11.5 Å². The molecule has 3 nitrogen and oxygen atoms in total. The van der Waals surface area contributed by atoms with Crippen LogP contribution >= 0.6 is 11.6 Å². The molecule has 4 heteroatoms. The van der Waals surface area contributed by atoms with Crippen molar-refractivity contribution in [3.63, 3.8) is 0 Å². The number of phenols is 1. The van der Waals surface area contributed by atoms with Crippen molar-refractivity contribution in [2.45, 2.75) is 19.3 Å². The molecule has 2 rings (SSSR count). The number of hydrogen-bond acceptors (Lipinski definition) is 3. The molecule has 0 aliphatic carbocycles. The molecule has 0 spiro atoms. The SMILES string of the molecule is CCOc1ccccc1C(CN)Cc1ccc(O)c(Cl)c1. The Bertz CT molecular complexity index is 601. The Morgan fingerprint density at radius 3 is 2.67 bits per heavy atom. The van der Waals surface area contributed by atoms with Crippen molar-refractivity contribution < 1.29 is 9.84 Å². The fourth-order valence-corrected chi connectivity index (χ4v) is 2.59. The van der Waals surface area contributed by atoms with Crippen molar-refractivity contribution in [1.82, 2.24) is 0 Å². The van der Waals surface area contributed by atoms with Crippen LogP contribution in [0.3, 0.4) is 0 Å². The Balaban J connectivity index is 2.25. The highest BCUT2D eigenvalue weighted by atomic mass is 35.5. The molecule has 1 unspecified atom stereocenters. The van der Waals surface area contributed by atoms with E-state index in [1.165, 1.54) is 0 Å². The molecule has 0 aromatic heterocycles. The van der Waals surface area contributed by atoms with E-state index in [1.807, 2.05) is 37.3 Å². The Kier molecular flexibility index (Phi) is 5.48. The second-order valence-electron chi connectivity index (χ2n) is 4.89. The number of ether oxygens (including phenoxy) is 1. The summed E-state index contributed by atoms with van der Waals surface area (Å²) in [6.07, 6.45) is 0.751. The van der Waals surface area contributed by atoms with Crippen LogP contribution in [0, 0.1) is 0 Å². The van der Waals surface area contributed by atoms with Gasteiger partial charge in [0.05, 0.1) is 11.6 Å². The van der Waals surface area contributed by atoms with Crippen LogP contribution in [-0.2, 0) is 6.42 Å². The van der Waals surface area contributed by atoms with Crippen LogP contribution in [0.2, 0.25) is 5.02 Å². The smallest absolute Gasteiger partial charge is 0.134 e. The van der Waals surface area contributed by atoms with Gasteiger partial charge < -0.3 is 15.6 Å². The van der Waals surface area contributed by atoms with Gasteiger partial charge in [-0.1, -0.05) is 35.9 Å². The van der Waals surface area contributed by atoms with Crippen molar-refractivity contribution >= 4 is 11.6 Å². The molecular weight excluding hydrogens is 286 g/mol. The average molecular weight is 306 g/mol. The van der Waals surface area contributed by atoms with Gasteiger partial charge in [0.25, 0.3) is 0 Å². The minimum Gasteiger partial charge on any atom is -0.506 e. The Labute approximate surface area is 130 Å². The summed E-state index contributed by atoms with van der Waals surface area (Å²) >= 11 is 5.96. The third-order valence-corrected chi connectivity index (χ3v) is 3.74. The van der Waals surface area contributed by atoms with E-state index in [1.54, 1.807) is 12.1 Å². The van der Waals surface area contributed by atoms with Gasteiger partial charge >= 0.3 is 0 Å². The quantitative estimate of drug-likeness (QED) is 0.855. The number of rotatable bonds is 6. The van der Waals surface area contributed by atoms with Crippen LogP contribution in [0.1, 0.15) is 24.0 Å². The Morgan fingerprint density at radius 2 is 2.00 bits per heavy atom. The molecule has 1 atom stereocenters. The summed E-state index contributed by atoms with van der Waals surface area (Å²) in [5.41, 5.74) is 8.09. The number of hydrogen-bond donors (Lipinski definition) is 2. The molecule has 3 N–H and O–H groups in total. The van der Waals surface area contributed by atoms with Gasteiger partial charge in [-0.2, -0.15) is 0 Å². The molecule has 0 aliphatic rings. The first-order valence-corrected chi connectivity index (χ1v) is 7.42. The van der Waals surface area contributed by atoms with Gasteiger partial charge in [0.2, 0.25) is 0 Å². The van der Waals surface area contributed by atoms with Crippen LogP contribution in [0.5, 0.6) is 11.5 Å². The molecule has 0 aliphatic heterocycles.